The fourth-order valence-corrected chi connectivity index (χ4v) is 0.534. The summed E-state index contributed by atoms with van der Waals surface area (Å²) in [5.41, 5.74) is 2.34. The summed E-state index contributed by atoms with van der Waals surface area (Å²) in [5, 5.41) is 0. The van der Waals surface area contributed by atoms with Crippen molar-refractivity contribution in [2.45, 2.75) is 13.8 Å². The first-order chi connectivity index (χ1) is 5.66. The first-order valence-corrected chi connectivity index (χ1v) is 3.96. The van der Waals surface area contributed by atoms with Gasteiger partial charge in [0.2, 0.25) is 0 Å². The molecule has 1 aromatic carbocycles. The molecule has 0 atom stereocenters. The molecule has 0 unspecified atom stereocenters. The van der Waals surface area contributed by atoms with E-state index in [-0.39, 0.29) is 0 Å². The van der Waals surface area contributed by atoms with Crippen LogP contribution >= 0.6 is 0 Å². The lowest BCUT2D eigenvalue weighted by Crippen LogP contribution is -1.62. The summed E-state index contributed by atoms with van der Waals surface area (Å²) in [6, 6.07) is 10.3. The van der Waals surface area contributed by atoms with Gasteiger partial charge in [0.25, 0.3) is 0 Å². The zero-order chi connectivity index (χ0) is 9.40. The molecule has 12 heavy (non-hydrogen) atoms. The van der Waals surface area contributed by atoms with Crippen molar-refractivity contribution in [3.8, 4) is 0 Å². The van der Waals surface area contributed by atoms with Crippen LogP contribution in [0.5, 0.6) is 0 Å². The summed E-state index contributed by atoms with van der Waals surface area (Å²) < 4.78 is 0. The monoisotopic (exact) mass is 160 g/mol. The predicted molar refractivity (Wildman–Crippen MR) is 56.2 cm³/mol. The quantitative estimate of drug-likeness (QED) is 0.549. The molecule has 0 heteroatoms. The van der Waals surface area contributed by atoms with Crippen LogP contribution < -0.4 is 0 Å². The molecule has 0 saturated heterocycles. The van der Waals surface area contributed by atoms with Gasteiger partial charge in [0.05, 0.1) is 0 Å². The van der Waals surface area contributed by atoms with Gasteiger partial charge in [0.1, 0.15) is 0 Å². The van der Waals surface area contributed by atoms with Crippen molar-refractivity contribution in [3.63, 3.8) is 0 Å². The fourth-order valence-electron chi connectivity index (χ4n) is 0.534. The van der Waals surface area contributed by atoms with Crippen molar-refractivity contribution < 1.29 is 0 Å². The van der Waals surface area contributed by atoms with Gasteiger partial charge in [-0.1, -0.05) is 60.7 Å². The molecule has 0 aliphatic carbocycles. The maximum absolute atomic E-state index is 3.56. The number of hydrogen-bond acceptors (Lipinski definition) is 0. The Labute approximate surface area is 75.2 Å². The summed E-state index contributed by atoms with van der Waals surface area (Å²) in [7, 11) is 0. The van der Waals surface area contributed by atoms with Crippen molar-refractivity contribution >= 4 is 0 Å². The van der Waals surface area contributed by atoms with Gasteiger partial charge in [-0.25, -0.2) is 0 Å². The highest BCUT2D eigenvalue weighted by Gasteiger charge is 1.72. The van der Waals surface area contributed by atoms with Crippen LogP contribution in [0.2, 0.25) is 0 Å². The standard InChI is InChI=1S/C7H8.C5H8/c1-7-5-3-2-4-6-7;1-4-5(2)3/h2-6H,1H3;4H,1-2H2,3H3. The molecular weight excluding hydrogens is 144 g/mol. The Kier molecular flexibility index (Phi) is 5.72. The van der Waals surface area contributed by atoms with Gasteiger partial charge in [-0.3, -0.25) is 0 Å². The van der Waals surface area contributed by atoms with Crippen LogP contribution in [0.4, 0.5) is 0 Å². The molecule has 1 rings (SSSR count). The minimum Gasteiger partial charge on any atom is -0.0988 e. The molecule has 0 aliphatic rings. The Hall–Kier alpha value is -1.30. The molecule has 0 heterocycles. The molecular formula is C12H16. The van der Waals surface area contributed by atoms with Crippen LogP contribution in [-0.4, -0.2) is 0 Å². The number of aryl methyl sites for hydroxylation is 1. The van der Waals surface area contributed by atoms with Crippen molar-refractivity contribution in [2.24, 2.45) is 0 Å². The summed E-state index contributed by atoms with van der Waals surface area (Å²) in [6.45, 7) is 11.0. The summed E-state index contributed by atoms with van der Waals surface area (Å²) in [5.74, 6) is 0. The normalized spacial score (nSPS) is 7.83. The van der Waals surface area contributed by atoms with E-state index in [1.807, 2.05) is 25.1 Å². The molecule has 0 aliphatic heterocycles. The second kappa shape index (κ2) is 6.41. The molecule has 1 aromatic rings. The van der Waals surface area contributed by atoms with E-state index in [9.17, 15) is 0 Å². The topological polar surface area (TPSA) is 0 Å². The van der Waals surface area contributed by atoms with Crippen molar-refractivity contribution in [2.75, 3.05) is 0 Å². The van der Waals surface area contributed by atoms with Crippen LogP contribution in [0.15, 0.2) is 55.1 Å². The second-order valence-electron chi connectivity index (χ2n) is 2.71. The third-order valence-corrected chi connectivity index (χ3v) is 1.29. The molecule has 0 spiro atoms. The highest BCUT2D eigenvalue weighted by atomic mass is 13.8. The maximum Gasteiger partial charge on any atom is -0.0398 e. The van der Waals surface area contributed by atoms with Gasteiger partial charge in [-0.15, -0.1) is 0 Å². The van der Waals surface area contributed by atoms with Crippen molar-refractivity contribution in [1.29, 1.82) is 0 Å². The minimum atomic E-state index is 1.02. The third-order valence-electron chi connectivity index (χ3n) is 1.29. The summed E-state index contributed by atoms with van der Waals surface area (Å²) >= 11 is 0. The van der Waals surface area contributed by atoms with Gasteiger partial charge in [0, 0.05) is 0 Å². The van der Waals surface area contributed by atoms with Crippen LogP contribution in [0, 0.1) is 6.92 Å². The largest absolute Gasteiger partial charge is 0.0988 e. The average Bonchev–Trinajstić information content (AvgIpc) is 2.07. The Bertz CT molecular complexity index is 231. The van der Waals surface area contributed by atoms with Gasteiger partial charge in [-0.2, -0.15) is 0 Å². The van der Waals surface area contributed by atoms with Crippen LogP contribution in [0.25, 0.3) is 0 Å². The minimum absolute atomic E-state index is 1.02. The lowest BCUT2D eigenvalue weighted by molar-refractivity contribution is 1.48. The van der Waals surface area contributed by atoms with Crippen LogP contribution in [0.1, 0.15) is 12.5 Å². The molecule has 0 amide bonds. The molecule has 0 bridgehead atoms. The van der Waals surface area contributed by atoms with Gasteiger partial charge < -0.3 is 0 Å². The summed E-state index contributed by atoms with van der Waals surface area (Å²) in [6.07, 6.45) is 1.72. The average molecular weight is 160 g/mol. The number of hydrogen-bond donors (Lipinski definition) is 0. The molecule has 64 valence electrons. The predicted octanol–water partition coefficient (Wildman–Crippen LogP) is 3.74. The van der Waals surface area contributed by atoms with E-state index in [4.69, 9.17) is 0 Å². The Morgan fingerprint density at radius 3 is 1.83 bits per heavy atom. The first kappa shape index (κ1) is 10.7. The molecule has 0 nitrogen and oxygen atoms in total. The van der Waals surface area contributed by atoms with Gasteiger partial charge in [0.15, 0.2) is 0 Å². The van der Waals surface area contributed by atoms with Gasteiger partial charge >= 0.3 is 0 Å². The number of benzene rings is 1. The van der Waals surface area contributed by atoms with E-state index in [1.165, 1.54) is 5.56 Å². The van der Waals surface area contributed by atoms with E-state index < -0.39 is 0 Å². The van der Waals surface area contributed by atoms with E-state index in [0.29, 0.717) is 0 Å². The van der Waals surface area contributed by atoms with E-state index in [0.717, 1.165) is 5.57 Å². The number of rotatable bonds is 1. The lowest BCUT2D eigenvalue weighted by atomic mass is 10.2. The highest BCUT2D eigenvalue weighted by molar-refractivity contribution is 5.11. The molecule has 0 N–H and O–H groups in total. The van der Waals surface area contributed by atoms with Crippen LogP contribution in [-0.2, 0) is 0 Å². The molecule has 0 aromatic heterocycles. The zero-order valence-electron chi connectivity index (χ0n) is 7.88. The van der Waals surface area contributed by atoms with E-state index in [2.05, 4.69) is 32.2 Å². The van der Waals surface area contributed by atoms with Crippen LogP contribution in [0.3, 0.4) is 0 Å². The van der Waals surface area contributed by atoms with Crippen molar-refractivity contribution in [1.82, 2.24) is 0 Å². The number of allylic oxidation sites excluding steroid dienone is 2. The third kappa shape index (κ3) is 6.81. The van der Waals surface area contributed by atoms with E-state index >= 15 is 0 Å². The summed E-state index contributed by atoms with van der Waals surface area (Å²) in [4.78, 5) is 0. The lowest BCUT2D eigenvalue weighted by Gasteiger charge is -1.82. The Morgan fingerprint density at radius 1 is 1.25 bits per heavy atom. The fraction of sp³-hybridized carbons (Fsp3) is 0.167. The van der Waals surface area contributed by atoms with E-state index in [1.54, 1.807) is 6.08 Å². The van der Waals surface area contributed by atoms with Crippen molar-refractivity contribution in [3.05, 3.63) is 60.7 Å². The zero-order valence-corrected chi connectivity index (χ0v) is 7.88. The maximum atomic E-state index is 3.56. The molecule has 0 radical (unpaired) electrons. The smallest absolute Gasteiger partial charge is 0.0398 e. The SMILES string of the molecule is C=CC(=C)C.Cc1ccccc1. The van der Waals surface area contributed by atoms with Gasteiger partial charge in [-0.05, 0) is 13.8 Å². The molecule has 0 fully saturated rings. The first-order valence-electron chi connectivity index (χ1n) is 3.96. The molecule has 0 saturated carbocycles. The Balaban J connectivity index is 0.000000217. The highest BCUT2D eigenvalue weighted by Crippen LogP contribution is 1.92. The Morgan fingerprint density at radius 2 is 1.67 bits per heavy atom. The second-order valence-corrected chi connectivity index (χ2v) is 2.71.